The highest BCUT2D eigenvalue weighted by Crippen LogP contribution is 2.47. The van der Waals surface area contributed by atoms with Crippen molar-refractivity contribution in [2.45, 2.75) is 45.6 Å². The Morgan fingerprint density at radius 1 is 1.31 bits per heavy atom. The van der Waals surface area contributed by atoms with E-state index in [1.54, 1.807) is 6.20 Å². The predicted octanol–water partition coefficient (Wildman–Crippen LogP) is 4.76. The van der Waals surface area contributed by atoms with E-state index in [2.05, 4.69) is 40.1 Å². The van der Waals surface area contributed by atoms with Crippen molar-refractivity contribution >= 4 is 54.9 Å². The van der Waals surface area contributed by atoms with Crippen LogP contribution in [0.3, 0.4) is 0 Å². The largest absolute Gasteiger partial charge is 0.389 e. The molecule has 1 saturated heterocycles. The normalized spacial score (nSPS) is 17.4. The highest BCUT2D eigenvalue weighted by molar-refractivity contribution is 7.23. The van der Waals surface area contributed by atoms with Gasteiger partial charge in [-0.1, -0.05) is 25.4 Å². The summed E-state index contributed by atoms with van der Waals surface area (Å²) in [5.41, 5.74) is 9.63. The summed E-state index contributed by atoms with van der Waals surface area (Å²) in [4.78, 5) is 16.1. The summed E-state index contributed by atoms with van der Waals surface area (Å²) in [7, 11) is 0. The second-order valence-electron chi connectivity index (χ2n) is 9.44. The number of nitrogens with one attached hydrogen (secondary N) is 1. The third kappa shape index (κ3) is 3.58. The van der Waals surface area contributed by atoms with Gasteiger partial charge < -0.3 is 20.7 Å². The first kappa shape index (κ1) is 23.3. The Morgan fingerprint density at radius 2 is 2.11 bits per heavy atom. The number of halogens is 2. The number of hydrogen-bond donors (Lipinski definition) is 2. The predicted molar refractivity (Wildman–Crippen MR) is 140 cm³/mol. The van der Waals surface area contributed by atoms with Gasteiger partial charge in [0.25, 0.3) is 0 Å². The van der Waals surface area contributed by atoms with Crippen LogP contribution in [0, 0.1) is 17.1 Å². The fraction of sp³-hybridized carbons (Fsp3) is 0.360. The number of benzene rings is 1. The van der Waals surface area contributed by atoms with Crippen molar-refractivity contribution in [1.82, 2.24) is 20.3 Å². The molecule has 36 heavy (non-hydrogen) atoms. The maximum absolute atomic E-state index is 14.7. The quantitative estimate of drug-likeness (QED) is 0.393. The van der Waals surface area contributed by atoms with Crippen LogP contribution in [0.25, 0.3) is 32.2 Å². The molecule has 0 radical (unpaired) electrons. The van der Waals surface area contributed by atoms with Gasteiger partial charge in [-0.05, 0) is 17.5 Å². The number of hydrogen-bond acceptors (Lipinski definition) is 9. The number of rotatable bonds is 4. The van der Waals surface area contributed by atoms with Crippen molar-refractivity contribution in [3.8, 4) is 17.3 Å². The summed E-state index contributed by atoms with van der Waals surface area (Å²) in [5, 5.41) is 15.2. The van der Waals surface area contributed by atoms with E-state index in [-0.39, 0.29) is 15.3 Å². The Bertz CT molecular complexity index is 1580. The molecule has 0 aliphatic carbocycles. The first-order chi connectivity index (χ1) is 17.4. The molecule has 3 aromatic heterocycles. The molecule has 5 heterocycles. The van der Waals surface area contributed by atoms with E-state index in [4.69, 9.17) is 27.1 Å². The van der Waals surface area contributed by atoms with Gasteiger partial charge in [0.15, 0.2) is 5.82 Å². The minimum atomic E-state index is -0.528. The fourth-order valence-corrected chi connectivity index (χ4v) is 6.51. The van der Waals surface area contributed by atoms with E-state index >= 15 is 0 Å². The van der Waals surface area contributed by atoms with E-state index < -0.39 is 5.82 Å². The summed E-state index contributed by atoms with van der Waals surface area (Å²) >= 11 is 8.09. The van der Waals surface area contributed by atoms with E-state index in [1.165, 1.54) is 0 Å². The second kappa shape index (κ2) is 8.78. The Morgan fingerprint density at radius 3 is 2.89 bits per heavy atom. The zero-order valence-electron chi connectivity index (χ0n) is 19.7. The van der Waals surface area contributed by atoms with Crippen molar-refractivity contribution in [2.24, 2.45) is 0 Å². The summed E-state index contributed by atoms with van der Waals surface area (Å²) in [6.07, 6.45) is 3.96. The van der Waals surface area contributed by atoms with Gasteiger partial charge in [0.2, 0.25) is 5.95 Å². The molecule has 8 nitrogen and oxygen atoms in total. The molecule has 11 heteroatoms. The topological polar surface area (TPSA) is 113 Å². The van der Waals surface area contributed by atoms with Crippen LogP contribution in [-0.4, -0.2) is 40.1 Å². The number of nitrogens with two attached hydrogens (primary N) is 1. The maximum atomic E-state index is 14.7. The van der Waals surface area contributed by atoms with Crippen molar-refractivity contribution in [1.29, 1.82) is 5.26 Å². The number of anilines is 2. The zero-order valence-corrected chi connectivity index (χ0v) is 21.3. The molecule has 0 amide bonds. The first-order valence-electron chi connectivity index (χ1n) is 11.7. The van der Waals surface area contributed by atoms with Crippen LogP contribution in [0.4, 0.5) is 15.3 Å². The highest BCUT2D eigenvalue weighted by atomic mass is 35.5. The molecular weight excluding hydrogens is 501 g/mol. The van der Waals surface area contributed by atoms with Crippen LogP contribution in [0.2, 0.25) is 5.02 Å². The molecule has 0 bridgehead atoms. The van der Waals surface area contributed by atoms with Crippen molar-refractivity contribution in [3.63, 3.8) is 0 Å². The summed E-state index contributed by atoms with van der Waals surface area (Å²) in [5.74, 6) is 0.0805. The molecule has 1 atom stereocenters. The average molecular weight is 524 g/mol. The molecule has 1 aromatic carbocycles. The smallest absolute Gasteiger partial charge is 0.225 e. The van der Waals surface area contributed by atoms with Crippen LogP contribution in [0.15, 0.2) is 12.4 Å². The SMILES string of the molecule is CC(C)N[C@H]1CCN(c2ncc3c4c(c(-c5ncc(F)c6sc(N)c(C#N)c56)c(Cl)c3n2)COC4)C1. The third-order valence-electron chi connectivity index (χ3n) is 6.77. The van der Waals surface area contributed by atoms with Crippen LogP contribution >= 0.6 is 22.9 Å². The number of ether oxygens (including phenoxy) is 1. The lowest BCUT2D eigenvalue weighted by atomic mass is 9.94. The van der Waals surface area contributed by atoms with Crippen molar-refractivity contribution < 1.29 is 9.13 Å². The van der Waals surface area contributed by atoms with Gasteiger partial charge >= 0.3 is 0 Å². The molecule has 6 rings (SSSR count). The first-order valence-corrected chi connectivity index (χ1v) is 12.9. The number of fused-ring (bicyclic) bond motifs is 4. The van der Waals surface area contributed by atoms with E-state index in [0.29, 0.717) is 58.4 Å². The van der Waals surface area contributed by atoms with E-state index in [1.807, 2.05) is 0 Å². The number of aromatic nitrogens is 3. The lowest BCUT2D eigenvalue weighted by Crippen LogP contribution is -2.37. The Hall–Kier alpha value is -3.10. The highest BCUT2D eigenvalue weighted by Gasteiger charge is 2.30. The molecule has 0 spiro atoms. The van der Waals surface area contributed by atoms with E-state index in [0.717, 1.165) is 53.6 Å². The zero-order chi connectivity index (χ0) is 25.1. The number of pyridine rings is 1. The number of nitrogens with zero attached hydrogens (tertiary/aromatic N) is 5. The van der Waals surface area contributed by atoms with Gasteiger partial charge in [0, 0.05) is 47.7 Å². The van der Waals surface area contributed by atoms with E-state index in [9.17, 15) is 9.65 Å². The lowest BCUT2D eigenvalue weighted by Gasteiger charge is -2.20. The molecule has 3 N–H and O–H groups in total. The average Bonchev–Trinajstić information content (AvgIpc) is 3.59. The summed E-state index contributed by atoms with van der Waals surface area (Å²) < 4.78 is 20.7. The molecular formula is C25H23ClFN7OS. The number of thiophene rings is 1. The number of nitriles is 1. The molecule has 0 saturated carbocycles. The molecule has 4 aromatic rings. The lowest BCUT2D eigenvalue weighted by molar-refractivity contribution is 0.135. The van der Waals surface area contributed by atoms with Gasteiger partial charge in [-0.2, -0.15) is 5.26 Å². The molecule has 2 aliphatic heterocycles. The van der Waals surface area contributed by atoms with Crippen LogP contribution in [0.5, 0.6) is 0 Å². The maximum Gasteiger partial charge on any atom is 0.225 e. The number of nitrogen functional groups attached to an aromatic ring is 1. The van der Waals surface area contributed by atoms with Gasteiger partial charge in [-0.15, -0.1) is 11.3 Å². The fourth-order valence-electron chi connectivity index (χ4n) is 5.24. The van der Waals surface area contributed by atoms with Crippen molar-refractivity contribution in [2.75, 3.05) is 23.7 Å². The molecule has 0 unspecified atom stereocenters. The Labute approximate surface area is 215 Å². The minimum absolute atomic E-state index is 0.199. The standard InChI is InChI=1S/C25H23ClFN7OS/c1-11(2)32-12-3-4-34(8-12)25-31-6-14-15-9-35-10-16(15)18(20(26)21(14)33-25)22-19-13(5-28)24(29)36-23(19)17(27)7-30-22/h6-7,11-12,32H,3-4,8-10,29H2,1-2H3/t12-/m0/s1. The molecule has 184 valence electrons. The van der Waals surface area contributed by atoms with Crippen molar-refractivity contribution in [3.05, 3.63) is 39.9 Å². The van der Waals surface area contributed by atoms with Gasteiger partial charge in [-0.3, -0.25) is 4.98 Å². The molecule has 1 fully saturated rings. The summed E-state index contributed by atoms with van der Waals surface area (Å²) in [6.45, 7) is 6.62. The Balaban J connectivity index is 1.56. The van der Waals surface area contributed by atoms with Gasteiger partial charge in [0.1, 0.15) is 11.1 Å². The van der Waals surface area contributed by atoms with Crippen LogP contribution < -0.4 is 16.0 Å². The summed E-state index contributed by atoms with van der Waals surface area (Å²) in [6, 6.07) is 2.88. The van der Waals surface area contributed by atoms with Crippen LogP contribution in [0.1, 0.15) is 37.0 Å². The monoisotopic (exact) mass is 523 g/mol. The van der Waals surface area contributed by atoms with Gasteiger partial charge in [0.05, 0.1) is 45.9 Å². The minimum Gasteiger partial charge on any atom is -0.389 e. The Kier molecular flexibility index (Phi) is 5.68. The molecule has 2 aliphatic rings. The third-order valence-corrected chi connectivity index (χ3v) is 8.17. The second-order valence-corrected chi connectivity index (χ2v) is 10.9. The van der Waals surface area contributed by atoms with Gasteiger partial charge in [-0.25, -0.2) is 14.4 Å². The van der Waals surface area contributed by atoms with Crippen LogP contribution in [-0.2, 0) is 18.0 Å².